The molecule has 20 heavy (non-hydrogen) atoms. The number of rotatable bonds is 5. The minimum absolute atomic E-state index is 0.161. The first-order valence-electron chi connectivity index (χ1n) is 7.44. The van der Waals surface area contributed by atoms with Crippen LogP contribution in [0.2, 0.25) is 0 Å². The van der Waals surface area contributed by atoms with E-state index in [0.717, 1.165) is 45.1 Å². The molecule has 0 radical (unpaired) electrons. The Kier molecular flexibility index (Phi) is 4.83. The third-order valence-corrected chi connectivity index (χ3v) is 4.39. The largest absolute Gasteiger partial charge is 0.379 e. The lowest BCUT2D eigenvalue weighted by Crippen LogP contribution is -2.54. The maximum Gasteiger partial charge on any atom is 0.0641 e. The number of hydrogen-bond donors (Lipinski definition) is 1. The van der Waals surface area contributed by atoms with E-state index < -0.39 is 0 Å². The second-order valence-corrected chi connectivity index (χ2v) is 6.29. The van der Waals surface area contributed by atoms with Crippen molar-refractivity contribution in [3.63, 3.8) is 0 Å². The number of nitrogens with one attached hydrogen (secondary N) is 1. The Morgan fingerprint density at radius 3 is 2.45 bits per heavy atom. The van der Waals surface area contributed by atoms with Crippen LogP contribution in [0.1, 0.15) is 30.8 Å². The van der Waals surface area contributed by atoms with Crippen LogP contribution in [0.3, 0.4) is 0 Å². The predicted octanol–water partition coefficient (Wildman–Crippen LogP) is 1.24. The molecule has 5 nitrogen and oxygen atoms in total. The van der Waals surface area contributed by atoms with Gasteiger partial charge in [0, 0.05) is 50.0 Å². The lowest BCUT2D eigenvalue weighted by atomic mass is 10.0. The molecule has 1 aromatic heterocycles. The summed E-state index contributed by atoms with van der Waals surface area (Å²) in [5, 5.41) is 8.06. The van der Waals surface area contributed by atoms with E-state index in [1.54, 1.807) is 0 Å². The van der Waals surface area contributed by atoms with E-state index in [1.807, 2.05) is 11.7 Å². The molecular weight excluding hydrogens is 252 g/mol. The van der Waals surface area contributed by atoms with Gasteiger partial charge in [0.1, 0.15) is 0 Å². The van der Waals surface area contributed by atoms with Crippen molar-refractivity contribution in [3.8, 4) is 0 Å². The Labute approximate surface area is 122 Å². The number of ether oxygens (including phenoxy) is 1. The third-order valence-electron chi connectivity index (χ3n) is 4.39. The van der Waals surface area contributed by atoms with E-state index in [-0.39, 0.29) is 5.54 Å². The van der Waals surface area contributed by atoms with Crippen LogP contribution < -0.4 is 5.32 Å². The average molecular weight is 280 g/mol. The molecule has 1 aliphatic heterocycles. The van der Waals surface area contributed by atoms with Crippen LogP contribution in [0.15, 0.2) is 0 Å². The zero-order chi connectivity index (χ0) is 14.8. The molecule has 0 spiro atoms. The van der Waals surface area contributed by atoms with Crippen molar-refractivity contribution in [2.45, 2.75) is 39.8 Å². The first-order valence-corrected chi connectivity index (χ1v) is 7.44. The minimum Gasteiger partial charge on any atom is -0.379 e. The van der Waals surface area contributed by atoms with Crippen LogP contribution in [-0.2, 0) is 18.3 Å². The van der Waals surface area contributed by atoms with E-state index in [0.29, 0.717) is 0 Å². The predicted molar refractivity (Wildman–Crippen MR) is 80.9 cm³/mol. The SMILES string of the molecule is Cc1nn(C)c(C)c1CNCC(C)(C)N1CCOCC1. The summed E-state index contributed by atoms with van der Waals surface area (Å²) in [6.45, 7) is 14.4. The van der Waals surface area contributed by atoms with Crippen molar-refractivity contribution < 1.29 is 4.74 Å². The monoisotopic (exact) mass is 280 g/mol. The highest BCUT2D eigenvalue weighted by Crippen LogP contribution is 2.16. The molecule has 1 aliphatic rings. The molecule has 0 aromatic carbocycles. The summed E-state index contributed by atoms with van der Waals surface area (Å²) in [5.41, 5.74) is 3.86. The van der Waals surface area contributed by atoms with Gasteiger partial charge in [-0.05, 0) is 27.7 Å². The van der Waals surface area contributed by atoms with E-state index in [9.17, 15) is 0 Å². The van der Waals surface area contributed by atoms with E-state index in [2.05, 4.69) is 43.0 Å². The molecule has 0 bridgehead atoms. The molecular formula is C15H28N4O. The standard InChI is InChI=1S/C15H28N4O/c1-12-14(13(2)18(5)17-12)10-16-11-15(3,4)19-6-8-20-9-7-19/h16H,6-11H2,1-5H3. The van der Waals surface area contributed by atoms with Crippen molar-refractivity contribution >= 4 is 0 Å². The molecule has 1 saturated heterocycles. The van der Waals surface area contributed by atoms with Crippen molar-refractivity contribution in [1.29, 1.82) is 0 Å². The number of aromatic nitrogens is 2. The number of morpholine rings is 1. The smallest absolute Gasteiger partial charge is 0.0641 e. The van der Waals surface area contributed by atoms with Crippen molar-refractivity contribution in [3.05, 3.63) is 17.0 Å². The van der Waals surface area contributed by atoms with Gasteiger partial charge >= 0.3 is 0 Å². The van der Waals surface area contributed by atoms with Crippen LogP contribution >= 0.6 is 0 Å². The van der Waals surface area contributed by atoms with Gasteiger partial charge in [0.25, 0.3) is 0 Å². The first-order chi connectivity index (χ1) is 9.42. The number of hydrogen-bond acceptors (Lipinski definition) is 4. The Balaban J connectivity index is 1.88. The Morgan fingerprint density at radius 1 is 1.25 bits per heavy atom. The maximum atomic E-state index is 5.43. The van der Waals surface area contributed by atoms with Gasteiger partial charge in [0.2, 0.25) is 0 Å². The molecule has 5 heteroatoms. The molecule has 1 aromatic rings. The van der Waals surface area contributed by atoms with Crippen LogP contribution in [0.5, 0.6) is 0 Å². The molecule has 114 valence electrons. The highest BCUT2D eigenvalue weighted by molar-refractivity contribution is 5.24. The maximum absolute atomic E-state index is 5.43. The van der Waals surface area contributed by atoms with Gasteiger partial charge in [-0.25, -0.2) is 0 Å². The summed E-state index contributed by atoms with van der Waals surface area (Å²) < 4.78 is 7.39. The van der Waals surface area contributed by atoms with Gasteiger partial charge in [-0.15, -0.1) is 0 Å². The summed E-state index contributed by atoms with van der Waals surface area (Å²) in [7, 11) is 2.00. The van der Waals surface area contributed by atoms with Gasteiger partial charge in [0.05, 0.1) is 18.9 Å². The van der Waals surface area contributed by atoms with Crippen molar-refractivity contribution in [2.75, 3.05) is 32.8 Å². The molecule has 0 unspecified atom stereocenters. The molecule has 0 aliphatic carbocycles. The Morgan fingerprint density at radius 2 is 1.90 bits per heavy atom. The number of nitrogens with zero attached hydrogens (tertiary/aromatic N) is 3. The van der Waals surface area contributed by atoms with E-state index in [1.165, 1.54) is 11.3 Å². The Bertz CT molecular complexity index is 447. The zero-order valence-electron chi connectivity index (χ0n) is 13.5. The van der Waals surface area contributed by atoms with Gasteiger partial charge in [-0.1, -0.05) is 0 Å². The van der Waals surface area contributed by atoms with E-state index in [4.69, 9.17) is 4.74 Å². The van der Waals surface area contributed by atoms with Gasteiger partial charge in [0.15, 0.2) is 0 Å². The third kappa shape index (κ3) is 3.40. The van der Waals surface area contributed by atoms with Crippen LogP contribution in [0.25, 0.3) is 0 Å². The Hall–Kier alpha value is -0.910. The average Bonchev–Trinajstić information content (AvgIpc) is 2.66. The van der Waals surface area contributed by atoms with Crippen LogP contribution in [0, 0.1) is 13.8 Å². The highest BCUT2D eigenvalue weighted by atomic mass is 16.5. The fraction of sp³-hybridized carbons (Fsp3) is 0.800. The lowest BCUT2D eigenvalue weighted by Gasteiger charge is -2.41. The van der Waals surface area contributed by atoms with Crippen molar-refractivity contribution in [2.24, 2.45) is 7.05 Å². The number of aryl methyl sites for hydroxylation is 2. The molecule has 2 heterocycles. The summed E-state index contributed by atoms with van der Waals surface area (Å²) in [6.07, 6.45) is 0. The molecule has 1 N–H and O–H groups in total. The van der Waals surface area contributed by atoms with Crippen LogP contribution in [0.4, 0.5) is 0 Å². The fourth-order valence-corrected chi connectivity index (χ4v) is 2.85. The summed E-state index contributed by atoms with van der Waals surface area (Å²) in [6, 6.07) is 0. The highest BCUT2D eigenvalue weighted by Gasteiger charge is 2.27. The van der Waals surface area contributed by atoms with Gasteiger partial charge in [-0.2, -0.15) is 5.10 Å². The molecule has 0 amide bonds. The van der Waals surface area contributed by atoms with Crippen molar-refractivity contribution in [1.82, 2.24) is 20.0 Å². The second kappa shape index (κ2) is 6.24. The second-order valence-electron chi connectivity index (χ2n) is 6.29. The van der Waals surface area contributed by atoms with Gasteiger partial charge in [-0.3, -0.25) is 9.58 Å². The topological polar surface area (TPSA) is 42.3 Å². The minimum atomic E-state index is 0.161. The normalized spacial score (nSPS) is 17.6. The molecule has 1 fully saturated rings. The fourth-order valence-electron chi connectivity index (χ4n) is 2.85. The van der Waals surface area contributed by atoms with Crippen LogP contribution in [-0.4, -0.2) is 53.1 Å². The summed E-state index contributed by atoms with van der Waals surface area (Å²) >= 11 is 0. The van der Waals surface area contributed by atoms with E-state index >= 15 is 0 Å². The lowest BCUT2D eigenvalue weighted by molar-refractivity contribution is -0.00967. The zero-order valence-corrected chi connectivity index (χ0v) is 13.5. The molecule has 0 atom stereocenters. The first kappa shape index (κ1) is 15.5. The summed E-state index contributed by atoms with van der Waals surface area (Å²) in [5.74, 6) is 0. The molecule has 2 rings (SSSR count). The quantitative estimate of drug-likeness (QED) is 0.881. The summed E-state index contributed by atoms with van der Waals surface area (Å²) in [4.78, 5) is 2.51. The molecule has 0 saturated carbocycles. The van der Waals surface area contributed by atoms with Gasteiger partial charge < -0.3 is 10.1 Å².